The van der Waals surface area contributed by atoms with E-state index in [9.17, 15) is 9.90 Å². The molecular weight excluding hydrogens is 520 g/mol. The number of amides is 1. The van der Waals surface area contributed by atoms with Crippen molar-refractivity contribution in [3.8, 4) is 0 Å². The van der Waals surface area contributed by atoms with Crippen LogP contribution in [-0.2, 0) is 6.42 Å². The quantitative estimate of drug-likeness (QED) is 0.389. The first-order chi connectivity index (χ1) is 19.3. The van der Waals surface area contributed by atoms with Crippen molar-refractivity contribution in [1.82, 2.24) is 39.6 Å². The first-order valence-electron chi connectivity index (χ1n) is 13.6. The van der Waals surface area contributed by atoms with E-state index in [1.54, 1.807) is 10.9 Å². The monoisotopic (exact) mass is 551 g/mol. The summed E-state index contributed by atoms with van der Waals surface area (Å²) in [5.74, 6) is -0.740. The van der Waals surface area contributed by atoms with Gasteiger partial charge in [-0.3, -0.25) is 4.79 Å². The van der Waals surface area contributed by atoms with Gasteiger partial charge in [0.2, 0.25) is 0 Å². The summed E-state index contributed by atoms with van der Waals surface area (Å²) >= 11 is 0. The lowest BCUT2D eigenvalue weighted by atomic mass is 10.0. The number of likely N-dealkylation sites (tertiary alicyclic amines) is 1. The Bertz CT molecular complexity index is 1540. The minimum absolute atomic E-state index is 0.0253. The topological polar surface area (TPSA) is 118 Å². The van der Waals surface area contributed by atoms with Gasteiger partial charge in [-0.2, -0.15) is 4.80 Å². The maximum atomic E-state index is 15.3. The Morgan fingerprint density at radius 3 is 2.58 bits per heavy atom. The summed E-state index contributed by atoms with van der Waals surface area (Å²) in [7, 11) is 0. The van der Waals surface area contributed by atoms with Crippen LogP contribution in [0.15, 0.2) is 30.7 Å². The van der Waals surface area contributed by atoms with Gasteiger partial charge in [0.15, 0.2) is 5.82 Å². The number of hydrogen-bond acceptors (Lipinski definition) is 8. The predicted octanol–water partition coefficient (Wildman–Crippen LogP) is 2.92. The van der Waals surface area contributed by atoms with E-state index in [0.717, 1.165) is 12.8 Å². The molecule has 11 nitrogen and oxygen atoms in total. The summed E-state index contributed by atoms with van der Waals surface area (Å²) < 4.78 is 32.3. The van der Waals surface area contributed by atoms with Gasteiger partial charge in [0.05, 0.1) is 23.2 Å². The average Bonchev–Trinajstić information content (AvgIpc) is 3.69. The maximum absolute atomic E-state index is 15.3. The molecule has 2 aliphatic heterocycles. The highest BCUT2D eigenvalue weighted by Crippen LogP contribution is 2.31. The highest BCUT2D eigenvalue weighted by atomic mass is 19.1. The van der Waals surface area contributed by atoms with Crippen LogP contribution in [0, 0.1) is 11.6 Å². The molecule has 0 unspecified atom stereocenters. The Kier molecular flexibility index (Phi) is 6.90. The molecule has 0 radical (unpaired) electrons. The van der Waals surface area contributed by atoms with Gasteiger partial charge in [0.25, 0.3) is 11.9 Å². The number of fused-ring (bicyclic) bond motifs is 1. The number of piperidine rings is 1. The third kappa shape index (κ3) is 4.89. The van der Waals surface area contributed by atoms with Crippen molar-refractivity contribution in [1.29, 1.82) is 0 Å². The molecule has 1 amide bonds. The van der Waals surface area contributed by atoms with Gasteiger partial charge in [-0.1, -0.05) is 11.2 Å². The number of aliphatic hydroxyl groups excluding tert-OH is 1. The number of aliphatic hydroxyl groups is 1. The van der Waals surface area contributed by atoms with E-state index in [2.05, 4.69) is 30.3 Å². The highest BCUT2D eigenvalue weighted by molar-refractivity contribution is 5.94. The third-order valence-electron chi connectivity index (χ3n) is 7.77. The molecule has 0 aliphatic carbocycles. The van der Waals surface area contributed by atoms with Gasteiger partial charge in [-0.25, -0.2) is 18.7 Å². The molecule has 2 aliphatic rings. The Morgan fingerprint density at radius 1 is 1.10 bits per heavy atom. The minimum atomic E-state index is -0.562. The number of anilines is 1. The van der Waals surface area contributed by atoms with Crippen LogP contribution < -0.4 is 4.90 Å². The lowest BCUT2D eigenvalue weighted by Crippen LogP contribution is -2.35. The van der Waals surface area contributed by atoms with Gasteiger partial charge >= 0.3 is 0 Å². The molecule has 40 heavy (non-hydrogen) atoms. The smallest absolute Gasteiger partial charge is 0.266 e. The largest absolute Gasteiger partial charge is 0.391 e. The molecule has 2 fully saturated rings. The zero-order chi connectivity index (χ0) is 28.0. The first kappa shape index (κ1) is 26.2. The number of carbonyl (C=O) groups is 1. The van der Waals surface area contributed by atoms with E-state index in [1.165, 1.54) is 29.6 Å². The maximum Gasteiger partial charge on any atom is 0.266 e. The molecule has 2 saturated heterocycles. The van der Waals surface area contributed by atoms with E-state index in [1.807, 2.05) is 18.4 Å². The second-order valence-corrected chi connectivity index (χ2v) is 10.8. The molecule has 1 aromatic carbocycles. The van der Waals surface area contributed by atoms with E-state index in [-0.39, 0.29) is 41.9 Å². The summed E-state index contributed by atoms with van der Waals surface area (Å²) in [4.78, 5) is 26.5. The van der Waals surface area contributed by atoms with Gasteiger partial charge in [-0.15, -0.1) is 5.10 Å². The lowest BCUT2D eigenvalue weighted by molar-refractivity contribution is 0.0764. The summed E-state index contributed by atoms with van der Waals surface area (Å²) in [6.45, 7) is 6.06. The number of carbonyl (C=O) groups excluding carboxylic acids is 1. The van der Waals surface area contributed by atoms with Crippen molar-refractivity contribution in [3.05, 3.63) is 59.2 Å². The van der Waals surface area contributed by atoms with Crippen LogP contribution in [0.2, 0.25) is 0 Å². The third-order valence-corrected chi connectivity index (χ3v) is 7.77. The molecule has 210 valence electrons. The SMILES string of the molecule is CC(C)n1nnc(N2CCC(n3cc(F)c4c(Cc5ccc(C(=O)N6CC[C@@H](O)C6)cc5F)ncnc43)CC2)n1. The summed E-state index contributed by atoms with van der Waals surface area (Å²) in [5.41, 5.74) is 1.38. The molecule has 13 heteroatoms. The van der Waals surface area contributed by atoms with E-state index in [4.69, 9.17) is 0 Å². The Morgan fingerprint density at radius 2 is 1.90 bits per heavy atom. The lowest BCUT2D eigenvalue weighted by Gasteiger charge is -2.31. The van der Waals surface area contributed by atoms with Gasteiger partial charge < -0.3 is 19.5 Å². The molecule has 0 spiro atoms. The zero-order valence-electron chi connectivity index (χ0n) is 22.4. The number of tetrazole rings is 1. The molecule has 1 N–H and O–H groups in total. The van der Waals surface area contributed by atoms with Gasteiger partial charge in [0, 0.05) is 50.4 Å². The number of aromatic nitrogens is 7. The van der Waals surface area contributed by atoms with E-state index in [0.29, 0.717) is 48.9 Å². The van der Waals surface area contributed by atoms with Gasteiger partial charge in [-0.05, 0) is 56.0 Å². The van der Waals surface area contributed by atoms with Crippen molar-refractivity contribution < 1.29 is 18.7 Å². The molecule has 4 aromatic rings. The fourth-order valence-electron chi connectivity index (χ4n) is 5.53. The molecular formula is C27H31F2N9O2. The molecule has 3 aromatic heterocycles. The number of benzene rings is 1. The normalized spacial score (nSPS) is 18.4. The number of β-amino-alcohol motifs (C(OH)–C–C–N with tert-alkyl or cyclic N) is 1. The van der Waals surface area contributed by atoms with Crippen LogP contribution in [0.4, 0.5) is 14.7 Å². The molecule has 1 atom stereocenters. The summed E-state index contributed by atoms with van der Waals surface area (Å²) in [5, 5.41) is 22.7. The van der Waals surface area contributed by atoms with Crippen molar-refractivity contribution >= 4 is 22.9 Å². The van der Waals surface area contributed by atoms with Crippen molar-refractivity contribution in [3.63, 3.8) is 0 Å². The Labute approximate surface area is 229 Å². The number of nitrogens with zero attached hydrogens (tertiary/aromatic N) is 9. The van der Waals surface area contributed by atoms with E-state index < -0.39 is 17.7 Å². The minimum Gasteiger partial charge on any atom is -0.391 e. The van der Waals surface area contributed by atoms with Crippen LogP contribution in [0.3, 0.4) is 0 Å². The molecule has 6 rings (SSSR count). The Balaban J connectivity index is 1.19. The predicted molar refractivity (Wildman–Crippen MR) is 142 cm³/mol. The van der Waals surface area contributed by atoms with Crippen molar-refractivity contribution in [2.75, 3.05) is 31.1 Å². The van der Waals surface area contributed by atoms with Crippen LogP contribution in [-0.4, -0.2) is 82.9 Å². The van der Waals surface area contributed by atoms with Crippen molar-refractivity contribution in [2.24, 2.45) is 0 Å². The zero-order valence-corrected chi connectivity index (χ0v) is 22.4. The molecule has 0 saturated carbocycles. The highest BCUT2D eigenvalue weighted by Gasteiger charge is 2.28. The summed E-state index contributed by atoms with van der Waals surface area (Å²) in [6, 6.07) is 4.45. The average molecular weight is 552 g/mol. The number of rotatable bonds is 6. The number of hydrogen-bond donors (Lipinski definition) is 1. The standard InChI is InChI=1S/C27H31F2N9O2/c1-16(2)38-33-27(32-34-38)35-8-5-19(6-9-35)37-14-22(29)24-23(30-15-31-25(24)37)12-17-3-4-18(11-21(17)28)26(40)36-10-7-20(39)13-36/h3-4,11,14-16,19-20,39H,5-10,12-13H2,1-2H3/t20-/m1/s1. The second-order valence-electron chi connectivity index (χ2n) is 10.8. The fraction of sp³-hybridized carbons (Fsp3) is 0.481. The number of halogens is 2. The molecule has 0 bridgehead atoms. The van der Waals surface area contributed by atoms with E-state index >= 15 is 8.78 Å². The van der Waals surface area contributed by atoms with Gasteiger partial charge in [0.1, 0.15) is 17.8 Å². The van der Waals surface area contributed by atoms with Crippen molar-refractivity contribution in [2.45, 2.75) is 57.7 Å². The Hall–Kier alpha value is -4.00. The van der Waals surface area contributed by atoms with Crippen LogP contribution in [0.25, 0.3) is 11.0 Å². The second kappa shape index (κ2) is 10.5. The van der Waals surface area contributed by atoms with Crippen LogP contribution in [0.5, 0.6) is 0 Å². The van der Waals surface area contributed by atoms with Crippen LogP contribution >= 0.6 is 0 Å². The molecule has 5 heterocycles. The fourth-order valence-corrected chi connectivity index (χ4v) is 5.53. The summed E-state index contributed by atoms with van der Waals surface area (Å²) in [6.07, 6.45) is 4.35. The first-order valence-corrected chi connectivity index (χ1v) is 13.6. The van der Waals surface area contributed by atoms with Crippen LogP contribution in [0.1, 0.15) is 66.8 Å².